The van der Waals surface area contributed by atoms with Crippen LogP contribution in [0, 0.1) is 5.92 Å². The summed E-state index contributed by atoms with van der Waals surface area (Å²) in [6, 6.07) is -2.08. The van der Waals surface area contributed by atoms with Crippen LogP contribution < -0.4 is 16.4 Å². The van der Waals surface area contributed by atoms with Crippen molar-refractivity contribution in [3.63, 3.8) is 0 Å². The van der Waals surface area contributed by atoms with Crippen molar-refractivity contribution >= 4 is 17.9 Å². The van der Waals surface area contributed by atoms with Gasteiger partial charge in [0.2, 0.25) is 5.91 Å². The summed E-state index contributed by atoms with van der Waals surface area (Å²) in [5, 5.41) is 13.7. The van der Waals surface area contributed by atoms with Crippen LogP contribution in [0.3, 0.4) is 0 Å². The third kappa shape index (κ3) is 5.12. The molecule has 0 bridgehead atoms. The number of ether oxygens (including phenoxy) is 1. The Morgan fingerprint density at radius 3 is 2.58 bits per heavy atom. The van der Waals surface area contributed by atoms with Crippen LogP contribution in [0.5, 0.6) is 0 Å². The first kappa shape index (κ1) is 15.2. The minimum atomic E-state index is -1.32. The van der Waals surface area contributed by atoms with Gasteiger partial charge in [-0.1, -0.05) is 0 Å². The Hall–Kier alpha value is -1.83. The topological polar surface area (TPSA) is 131 Å². The summed E-state index contributed by atoms with van der Waals surface area (Å²) in [6.07, 6.45) is 0.411. The van der Waals surface area contributed by atoms with Gasteiger partial charge in [0.25, 0.3) is 0 Å². The van der Waals surface area contributed by atoms with Crippen molar-refractivity contribution in [3.05, 3.63) is 0 Å². The predicted octanol–water partition coefficient (Wildman–Crippen LogP) is -0.961. The quantitative estimate of drug-likeness (QED) is 0.495. The minimum Gasteiger partial charge on any atom is -0.480 e. The molecule has 0 spiro atoms. The molecule has 1 saturated heterocycles. The van der Waals surface area contributed by atoms with E-state index in [1.807, 2.05) is 6.92 Å². The number of primary amides is 1. The fourth-order valence-corrected chi connectivity index (χ4v) is 1.87. The van der Waals surface area contributed by atoms with Crippen molar-refractivity contribution in [1.82, 2.24) is 10.6 Å². The molecule has 1 aliphatic heterocycles. The van der Waals surface area contributed by atoms with E-state index in [0.717, 1.165) is 6.42 Å². The van der Waals surface area contributed by atoms with Gasteiger partial charge in [0, 0.05) is 18.6 Å². The van der Waals surface area contributed by atoms with Gasteiger partial charge >= 0.3 is 12.0 Å². The Labute approximate surface area is 110 Å². The van der Waals surface area contributed by atoms with Gasteiger partial charge in [-0.25, -0.2) is 9.59 Å². The molecule has 0 aliphatic carbocycles. The molecule has 1 fully saturated rings. The van der Waals surface area contributed by atoms with E-state index < -0.39 is 30.4 Å². The zero-order valence-corrected chi connectivity index (χ0v) is 10.7. The van der Waals surface area contributed by atoms with Crippen LogP contribution in [-0.4, -0.2) is 48.3 Å². The number of nitrogens with two attached hydrogens (primary N) is 1. The Morgan fingerprint density at radius 2 is 2.11 bits per heavy atom. The number of aliphatic carboxylic acids is 1. The zero-order valence-electron chi connectivity index (χ0n) is 10.7. The highest BCUT2D eigenvalue weighted by Gasteiger charge is 2.26. The number of urea groups is 1. The van der Waals surface area contributed by atoms with Crippen molar-refractivity contribution in [2.24, 2.45) is 11.7 Å². The Bertz CT molecular complexity index is 354. The lowest BCUT2D eigenvalue weighted by Gasteiger charge is -2.21. The van der Waals surface area contributed by atoms with Gasteiger partial charge in [-0.3, -0.25) is 4.79 Å². The molecular weight excluding hydrogens is 254 g/mol. The lowest BCUT2D eigenvalue weighted by atomic mass is 10.0. The van der Waals surface area contributed by atoms with Crippen molar-refractivity contribution in [1.29, 1.82) is 0 Å². The van der Waals surface area contributed by atoms with Gasteiger partial charge in [0.05, 0.1) is 13.0 Å². The van der Waals surface area contributed by atoms with Gasteiger partial charge < -0.3 is 26.2 Å². The SMILES string of the molecule is CC(NC(=O)NC(CC(N)=O)C(=O)O)C1CCOC1. The fourth-order valence-electron chi connectivity index (χ4n) is 1.87. The van der Waals surface area contributed by atoms with Crippen molar-refractivity contribution in [2.45, 2.75) is 31.8 Å². The van der Waals surface area contributed by atoms with Gasteiger partial charge in [-0.05, 0) is 13.3 Å². The zero-order chi connectivity index (χ0) is 14.4. The number of carbonyl (C=O) groups is 3. The molecule has 0 aromatic carbocycles. The monoisotopic (exact) mass is 273 g/mol. The highest BCUT2D eigenvalue weighted by molar-refractivity contribution is 5.87. The van der Waals surface area contributed by atoms with Gasteiger partial charge in [-0.15, -0.1) is 0 Å². The summed E-state index contributed by atoms with van der Waals surface area (Å²) in [5.41, 5.74) is 4.92. The first-order chi connectivity index (χ1) is 8.90. The summed E-state index contributed by atoms with van der Waals surface area (Å²) in [6.45, 7) is 3.06. The van der Waals surface area contributed by atoms with Gasteiger partial charge in [0.1, 0.15) is 6.04 Å². The molecule has 0 saturated carbocycles. The standard InChI is InChI=1S/C11H19N3O5/c1-6(7-2-3-19-5-7)13-11(18)14-8(10(16)17)4-9(12)15/h6-8H,2-5H2,1H3,(H2,12,15)(H,16,17)(H2,13,14,18). The second-order valence-electron chi connectivity index (χ2n) is 4.59. The number of rotatable bonds is 6. The van der Waals surface area contributed by atoms with Crippen LogP contribution in [0.25, 0.3) is 0 Å². The number of hydrogen-bond donors (Lipinski definition) is 4. The molecule has 19 heavy (non-hydrogen) atoms. The van der Waals surface area contributed by atoms with Crippen LogP contribution in [0.4, 0.5) is 4.79 Å². The molecule has 5 N–H and O–H groups in total. The van der Waals surface area contributed by atoms with Crippen molar-refractivity contribution in [3.8, 4) is 0 Å². The molecule has 0 aromatic rings. The van der Waals surface area contributed by atoms with E-state index in [0.29, 0.717) is 13.2 Å². The maximum atomic E-state index is 11.6. The number of carboxylic acids is 1. The molecule has 8 heteroatoms. The first-order valence-corrected chi connectivity index (χ1v) is 6.06. The smallest absolute Gasteiger partial charge is 0.326 e. The number of carboxylic acid groups (broad SMARTS) is 1. The van der Waals surface area contributed by atoms with Crippen LogP contribution in [0.15, 0.2) is 0 Å². The Morgan fingerprint density at radius 1 is 1.42 bits per heavy atom. The number of nitrogens with one attached hydrogen (secondary N) is 2. The Balaban J connectivity index is 2.43. The van der Waals surface area contributed by atoms with E-state index in [2.05, 4.69) is 10.6 Å². The second-order valence-corrected chi connectivity index (χ2v) is 4.59. The number of amides is 3. The van der Waals surface area contributed by atoms with E-state index in [4.69, 9.17) is 15.6 Å². The van der Waals surface area contributed by atoms with E-state index in [9.17, 15) is 14.4 Å². The minimum absolute atomic E-state index is 0.134. The molecule has 1 rings (SSSR count). The van der Waals surface area contributed by atoms with Crippen molar-refractivity contribution in [2.75, 3.05) is 13.2 Å². The predicted molar refractivity (Wildman–Crippen MR) is 65.3 cm³/mol. The van der Waals surface area contributed by atoms with Crippen molar-refractivity contribution < 1.29 is 24.2 Å². The van der Waals surface area contributed by atoms with Crippen LogP contribution in [0.1, 0.15) is 19.8 Å². The average molecular weight is 273 g/mol. The maximum Gasteiger partial charge on any atom is 0.326 e. The number of hydrogen-bond acceptors (Lipinski definition) is 4. The van der Waals surface area contributed by atoms with Crippen LogP contribution >= 0.6 is 0 Å². The summed E-state index contributed by atoms with van der Waals surface area (Å²) in [7, 11) is 0. The number of carbonyl (C=O) groups excluding carboxylic acids is 2. The molecule has 3 unspecified atom stereocenters. The van der Waals surface area contributed by atoms with E-state index in [1.54, 1.807) is 0 Å². The molecule has 108 valence electrons. The summed E-state index contributed by atoms with van der Waals surface area (Å²) >= 11 is 0. The third-order valence-electron chi connectivity index (χ3n) is 3.04. The van der Waals surface area contributed by atoms with Crippen LogP contribution in [-0.2, 0) is 14.3 Å². The molecule has 1 heterocycles. The molecule has 0 aromatic heterocycles. The lowest BCUT2D eigenvalue weighted by molar-refractivity contribution is -0.140. The van der Waals surface area contributed by atoms with Gasteiger partial charge in [-0.2, -0.15) is 0 Å². The third-order valence-corrected chi connectivity index (χ3v) is 3.04. The first-order valence-electron chi connectivity index (χ1n) is 6.06. The van der Waals surface area contributed by atoms with E-state index in [-0.39, 0.29) is 12.0 Å². The van der Waals surface area contributed by atoms with Crippen LogP contribution in [0.2, 0.25) is 0 Å². The molecular formula is C11H19N3O5. The largest absolute Gasteiger partial charge is 0.480 e. The summed E-state index contributed by atoms with van der Waals surface area (Å²) in [4.78, 5) is 33.2. The normalized spacial score (nSPS) is 21.4. The highest BCUT2D eigenvalue weighted by Crippen LogP contribution is 2.16. The molecule has 3 atom stereocenters. The molecule has 0 radical (unpaired) electrons. The van der Waals surface area contributed by atoms with E-state index in [1.165, 1.54) is 0 Å². The lowest BCUT2D eigenvalue weighted by Crippen LogP contribution is -2.51. The maximum absolute atomic E-state index is 11.6. The van der Waals surface area contributed by atoms with Gasteiger partial charge in [0.15, 0.2) is 0 Å². The molecule has 8 nitrogen and oxygen atoms in total. The highest BCUT2D eigenvalue weighted by atomic mass is 16.5. The molecule has 1 aliphatic rings. The Kier molecular flexibility index (Phi) is 5.56. The van der Waals surface area contributed by atoms with E-state index >= 15 is 0 Å². The summed E-state index contributed by atoms with van der Waals surface area (Å²) < 4.78 is 5.20. The summed E-state index contributed by atoms with van der Waals surface area (Å²) in [5.74, 6) is -1.87. The second kappa shape index (κ2) is 6.93. The fraction of sp³-hybridized carbons (Fsp3) is 0.727. The average Bonchev–Trinajstić information content (AvgIpc) is 2.80. The molecule has 3 amide bonds.